The molecule has 0 spiro atoms. The van der Waals surface area contributed by atoms with Gasteiger partial charge in [0.1, 0.15) is 16.2 Å². The first-order valence-corrected chi connectivity index (χ1v) is 15.7. The van der Waals surface area contributed by atoms with E-state index < -0.39 is 15.6 Å². The molecule has 1 amide bonds. The number of carbonyl (C=O) groups excluding carboxylic acids is 1. The minimum Gasteiger partial charge on any atom is -0.477 e. The van der Waals surface area contributed by atoms with Crippen molar-refractivity contribution in [3.05, 3.63) is 28.3 Å². The van der Waals surface area contributed by atoms with Crippen molar-refractivity contribution in [2.45, 2.75) is 57.9 Å². The third-order valence-electron chi connectivity index (χ3n) is 7.88. The van der Waals surface area contributed by atoms with Crippen LogP contribution in [0.15, 0.2) is 22.0 Å². The van der Waals surface area contributed by atoms with Crippen molar-refractivity contribution >= 4 is 27.0 Å². The molecule has 3 aromatic heterocycles. The number of sulfonamides is 1. The summed E-state index contributed by atoms with van der Waals surface area (Å²) in [6.45, 7) is 12.0. The fraction of sp³-hybridized carbons (Fsp3) is 0.593. The van der Waals surface area contributed by atoms with Gasteiger partial charge in [0, 0.05) is 46.2 Å². The summed E-state index contributed by atoms with van der Waals surface area (Å²) >= 11 is 0. The van der Waals surface area contributed by atoms with Crippen LogP contribution >= 0.6 is 0 Å². The van der Waals surface area contributed by atoms with E-state index in [2.05, 4.69) is 26.9 Å². The minimum absolute atomic E-state index is 0.000511. The Balaban J connectivity index is 1.56. The van der Waals surface area contributed by atoms with Gasteiger partial charge in [-0.05, 0) is 25.5 Å². The Labute approximate surface area is 239 Å². The summed E-state index contributed by atoms with van der Waals surface area (Å²) in [5, 5.41) is 4.57. The first kappa shape index (κ1) is 29.1. The average Bonchev–Trinajstić information content (AvgIpc) is 3.30. The molecule has 41 heavy (non-hydrogen) atoms. The summed E-state index contributed by atoms with van der Waals surface area (Å²) in [7, 11) is -3.83. The number of piperazine rings is 1. The second-order valence-corrected chi connectivity index (χ2v) is 12.4. The van der Waals surface area contributed by atoms with Crippen LogP contribution in [0.2, 0.25) is 0 Å². The van der Waals surface area contributed by atoms with E-state index in [1.54, 1.807) is 9.58 Å². The summed E-state index contributed by atoms with van der Waals surface area (Å²) in [6, 6.07) is 1.45. The van der Waals surface area contributed by atoms with Crippen molar-refractivity contribution in [1.82, 2.24) is 38.8 Å². The maximum Gasteiger partial charge on any atom is 0.279 e. The van der Waals surface area contributed by atoms with E-state index in [0.29, 0.717) is 63.4 Å². The smallest absolute Gasteiger partial charge is 0.279 e. The number of pyridine rings is 1. The lowest BCUT2D eigenvalue weighted by molar-refractivity contribution is -0.134. The highest BCUT2D eigenvalue weighted by atomic mass is 32.2. The maximum atomic E-state index is 13.6. The molecule has 5 heterocycles. The zero-order valence-electron chi connectivity index (χ0n) is 24.1. The number of amides is 1. The molecule has 222 valence electrons. The zero-order valence-corrected chi connectivity index (χ0v) is 24.9. The van der Waals surface area contributed by atoms with E-state index in [1.165, 1.54) is 23.5 Å². The van der Waals surface area contributed by atoms with E-state index in [4.69, 9.17) is 9.72 Å². The standard InChI is InChI=1S/C27H38N8O5S/c1-5-8-13-40-27-21(14-20(15-28-27)41(38,39)34-11-9-32(7-3)10-12-34)25-29-23-22(6-2)35(31-24(23)26(37)30-25)19-16-33(17-19)18(4)36/h14-15,19H,5-13,16-17H2,1-4H3,(H,29,30,37). The molecular weight excluding hydrogens is 548 g/mol. The van der Waals surface area contributed by atoms with Crippen LogP contribution in [0.5, 0.6) is 5.88 Å². The van der Waals surface area contributed by atoms with Gasteiger partial charge < -0.3 is 19.5 Å². The van der Waals surface area contributed by atoms with Crippen LogP contribution in [0, 0.1) is 0 Å². The second kappa shape index (κ2) is 11.9. The largest absolute Gasteiger partial charge is 0.477 e. The quantitative estimate of drug-likeness (QED) is 0.350. The van der Waals surface area contributed by atoms with Gasteiger partial charge in [-0.15, -0.1) is 0 Å². The highest BCUT2D eigenvalue weighted by molar-refractivity contribution is 7.89. The number of likely N-dealkylation sites (N-methyl/N-ethyl adjacent to an activating group) is 1. The number of hydrogen-bond donors (Lipinski definition) is 1. The van der Waals surface area contributed by atoms with E-state index in [-0.39, 0.29) is 34.1 Å². The highest BCUT2D eigenvalue weighted by Crippen LogP contribution is 2.31. The molecule has 0 saturated carbocycles. The number of nitrogens with zero attached hydrogens (tertiary/aromatic N) is 7. The molecule has 3 aromatic rings. The van der Waals surface area contributed by atoms with E-state index in [1.807, 2.05) is 13.8 Å². The Morgan fingerprint density at radius 3 is 2.49 bits per heavy atom. The minimum atomic E-state index is -3.83. The molecule has 0 aliphatic carbocycles. The Kier molecular flexibility index (Phi) is 8.43. The van der Waals surface area contributed by atoms with Crippen LogP contribution in [-0.4, -0.2) is 106 Å². The first-order chi connectivity index (χ1) is 19.7. The lowest BCUT2D eigenvalue weighted by atomic mass is 10.1. The second-order valence-electron chi connectivity index (χ2n) is 10.5. The number of ether oxygens (including phenoxy) is 1. The monoisotopic (exact) mass is 586 g/mol. The average molecular weight is 587 g/mol. The number of likely N-dealkylation sites (tertiary alicyclic amines) is 1. The van der Waals surface area contributed by atoms with Crippen molar-refractivity contribution in [2.24, 2.45) is 0 Å². The van der Waals surface area contributed by atoms with Gasteiger partial charge in [0.15, 0.2) is 5.52 Å². The van der Waals surface area contributed by atoms with Gasteiger partial charge in [-0.1, -0.05) is 27.2 Å². The topological polar surface area (TPSA) is 147 Å². The van der Waals surface area contributed by atoms with Gasteiger partial charge in [0.2, 0.25) is 21.8 Å². The summed E-state index contributed by atoms with van der Waals surface area (Å²) in [5.74, 6) is 0.374. The van der Waals surface area contributed by atoms with Crippen LogP contribution in [-0.2, 0) is 21.2 Å². The summed E-state index contributed by atoms with van der Waals surface area (Å²) in [5.41, 5.74) is 1.28. The summed E-state index contributed by atoms with van der Waals surface area (Å²) < 4.78 is 36.4. The van der Waals surface area contributed by atoms with Crippen molar-refractivity contribution in [1.29, 1.82) is 0 Å². The van der Waals surface area contributed by atoms with Crippen LogP contribution in [0.25, 0.3) is 22.4 Å². The number of aryl methyl sites for hydroxylation is 1. The van der Waals surface area contributed by atoms with Gasteiger partial charge in [-0.25, -0.2) is 18.4 Å². The van der Waals surface area contributed by atoms with Gasteiger partial charge in [0.25, 0.3) is 5.56 Å². The Morgan fingerprint density at radius 1 is 1.12 bits per heavy atom. The Hall–Kier alpha value is -3.36. The van der Waals surface area contributed by atoms with Crippen molar-refractivity contribution in [2.75, 3.05) is 52.4 Å². The number of fused-ring (bicyclic) bond motifs is 1. The van der Waals surface area contributed by atoms with Crippen molar-refractivity contribution < 1.29 is 17.9 Å². The molecule has 2 aliphatic rings. The number of unbranched alkanes of at least 4 members (excludes halogenated alkanes) is 1. The van der Waals surface area contributed by atoms with Gasteiger partial charge in [-0.3, -0.25) is 14.3 Å². The maximum absolute atomic E-state index is 13.6. The van der Waals surface area contributed by atoms with E-state index >= 15 is 0 Å². The van der Waals surface area contributed by atoms with Crippen LogP contribution in [0.4, 0.5) is 0 Å². The molecule has 1 N–H and O–H groups in total. The number of hydrogen-bond acceptors (Lipinski definition) is 9. The third kappa shape index (κ3) is 5.60. The lowest BCUT2D eigenvalue weighted by Gasteiger charge is -2.39. The molecule has 0 atom stereocenters. The van der Waals surface area contributed by atoms with Crippen LogP contribution < -0.4 is 10.3 Å². The predicted molar refractivity (Wildman–Crippen MR) is 153 cm³/mol. The normalized spacial score (nSPS) is 17.2. The molecule has 0 bridgehead atoms. The molecule has 13 nitrogen and oxygen atoms in total. The number of carbonyl (C=O) groups is 1. The highest BCUT2D eigenvalue weighted by Gasteiger charge is 2.34. The van der Waals surface area contributed by atoms with E-state index in [9.17, 15) is 18.0 Å². The molecule has 14 heteroatoms. The number of aromatic nitrogens is 5. The summed E-state index contributed by atoms with van der Waals surface area (Å²) in [4.78, 5) is 40.9. The van der Waals surface area contributed by atoms with Crippen molar-refractivity contribution in [3.63, 3.8) is 0 Å². The van der Waals surface area contributed by atoms with Gasteiger partial charge >= 0.3 is 0 Å². The molecule has 0 radical (unpaired) electrons. The number of nitrogens with one attached hydrogen (secondary N) is 1. The molecule has 2 saturated heterocycles. The number of aromatic amines is 1. The Bertz CT molecular complexity index is 1590. The zero-order chi connectivity index (χ0) is 29.3. The molecule has 5 rings (SSSR count). The van der Waals surface area contributed by atoms with Crippen LogP contribution in [0.3, 0.4) is 0 Å². The van der Waals surface area contributed by atoms with Crippen LogP contribution in [0.1, 0.15) is 52.3 Å². The van der Waals surface area contributed by atoms with E-state index in [0.717, 1.165) is 25.1 Å². The third-order valence-corrected chi connectivity index (χ3v) is 9.74. The molecular formula is C27H38N8O5S. The van der Waals surface area contributed by atoms with Crippen molar-refractivity contribution in [3.8, 4) is 17.3 Å². The summed E-state index contributed by atoms with van der Waals surface area (Å²) in [6.07, 6.45) is 3.58. The molecule has 2 aliphatic heterocycles. The molecule has 0 aromatic carbocycles. The number of H-pyrrole nitrogens is 1. The number of rotatable bonds is 10. The molecule has 0 unspecified atom stereocenters. The predicted octanol–water partition coefficient (Wildman–Crippen LogP) is 1.65. The molecule has 2 fully saturated rings. The lowest BCUT2D eigenvalue weighted by Crippen LogP contribution is -2.50. The Morgan fingerprint density at radius 2 is 1.85 bits per heavy atom. The fourth-order valence-corrected chi connectivity index (χ4v) is 6.67. The SMILES string of the molecule is CCCCOc1ncc(S(=O)(=O)N2CCN(CC)CC2)cc1-c1nc2c(CC)n(C3CN(C(C)=O)C3)nc2c(=O)[nH]1. The van der Waals surface area contributed by atoms with Gasteiger partial charge in [-0.2, -0.15) is 9.40 Å². The first-order valence-electron chi connectivity index (χ1n) is 14.3. The van der Waals surface area contributed by atoms with Gasteiger partial charge in [0.05, 0.1) is 30.1 Å². The fourth-order valence-electron chi connectivity index (χ4n) is 5.27.